The third-order valence-electron chi connectivity index (χ3n) is 2.87. The molecule has 0 amide bonds. The quantitative estimate of drug-likeness (QED) is 0.867. The molecule has 0 aliphatic heterocycles. The van der Waals surface area contributed by atoms with Crippen LogP contribution in [-0.4, -0.2) is 17.6 Å². The highest BCUT2D eigenvalue weighted by molar-refractivity contribution is 5.71. The zero-order chi connectivity index (χ0) is 15.3. The van der Waals surface area contributed by atoms with Crippen molar-refractivity contribution in [3.8, 4) is 6.07 Å². The first-order chi connectivity index (χ1) is 9.24. The van der Waals surface area contributed by atoms with Gasteiger partial charge in [0.25, 0.3) is 0 Å². The number of carbonyl (C=O) groups is 1. The van der Waals surface area contributed by atoms with Crippen molar-refractivity contribution < 1.29 is 14.3 Å². The zero-order valence-electron chi connectivity index (χ0n) is 11.9. The summed E-state index contributed by atoms with van der Waals surface area (Å²) in [6.45, 7) is 6.05. The molecule has 0 saturated heterocycles. The Labute approximate surface area is 118 Å². The standard InChI is InChI=1S/C15H19FN2O2/c1-15(2,3)7-10(14(19)20)9-18-13-6-4-5-12(16)11(13)8-17/h4-6,10,18H,7,9H2,1-3H3,(H,19,20). The molecule has 0 fully saturated rings. The maximum absolute atomic E-state index is 13.4. The van der Waals surface area contributed by atoms with E-state index in [2.05, 4.69) is 5.32 Å². The van der Waals surface area contributed by atoms with Crippen molar-refractivity contribution in [2.24, 2.45) is 11.3 Å². The first kappa shape index (κ1) is 16.0. The van der Waals surface area contributed by atoms with Crippen LogP contribution in [0, 0.1) is 28.5 Å². The molecule has 4 nitrogen and oxygen atoms in total. The van der Waals surface area contributed by atoms with Gasteiger partial charge in [-0.05, 0) is 24.0 Å². The summed E-state index contributed by atoms with van der Waals surface area (Å²) in [5, 5.41) is 21.0. The third kappa shape index (κ3) is 4.54. The number of nitrogens with one attached hydrogen (secondary N) is 1. The van der Waals surface area contributed by atoms with E-state index in [-0.39, 0.29) is 17.5 Å². The van der Waals surface area contributed by atoms with Gasteiger partial charge in [-0.2, -0.15) is 5.26 Å². The largest absolute Gasteiger partial charge is 0.481 e. The van der Waals surface area contributed by atoms with Crippen LogP contribution in [0.25, 0.3) is 0 Å². The molecule has 0 aliphatic carbocycles. The molecule has 1 aromatic rings. The van der Waals surface area contributed by atoms with Gasteiger partial charge >= 0.3 is 5.97 Å². The van der Waals surface area contributed by atoms with Gasteiger partial charge in [0.1, 0.15) is 17.4 Å². The molecule has 0 radical (unpaired) electrons. The molecule has 108 valence electrons. The molecule has 0 saturated carbocycles. The number of rotatable bonds is 5. The molecule has 20 heavy (non-hydrogen) atoms. The molecule has 0 heterocycles. The zero-order valence-corrected chi connectivity index (χ0v) is 11.9. The third-order valence-corrected chi connectivity index (χ3v) is 2.87. The summed E-state index contributed by atoms with van der Waals surface area (Å²) >= 11 is 0. The maximum atomic E-state index is 13.4. The summed E-state index contributed by atoms with van der Waals surface area (Å²) in [5.74, 6) is -2.10. The predicted octanol–water partition coefficient (Wildman–Crippen LogP) is 3.25. The number of halogens is 1. The van der Waals surface area contributed by atoms with Crippen LogP contribution in [0.3, 0.4) is 0 Å². The molecular formula is C15H19FN2O2. The number of aliphatic carboxylic acids is 1. The fraction of sp³-hybridized carbons (Fsp3) is 0.467. The van der Waals surface area contributed by atoms with Crippen molar-refractivity contribution in [3.05, 3.63) is 29.6 Å². The number of hydrogen-bond acceptors (Lipinski definition) is 3. The molecule has 0 spiro atoms. The van der Waals surface area contributed by atoms with Gasteiger partial charge in [-0.15, -0.1) is 0 Å². The van der Waals surface area contributed by atoms with Crippen LogP contribution in [0.1, 0.15) is 32.8 Å². The number of carboxylic acids is 1. The molecule has 0 aromatic heterocycles. The minimum atomic E-state index is -0.901. The normalized spacial score (nSPS) is 12.6. The van der Waals surface area contributed by atoms with Gasteiger partial charge in [0, 0.05) is 6.54 Å². The van der Waals surface area contributed by atoms with Crippen molar-refractivity contribution in [1.29, 1.82) is 5.26 Å². The van der Waals surface area contributed by atoms with Crippen LogP contribution in [0.15, 0.2) is 18.2 Å². The topological polar surface area (TPSA) is 73.1 Å². The molecule has 1 rings (SSSR count). The highest BCUT2D eigenvalue weighted by Gasteiger charge is 2.24. The number of benzene rings is 1. The number of nitrogens with zero attached hydrogens (tertiary/aromatic N) is 1. The maximum Gasteiger partial charge on any atom is 0.308 e. The highest BCUT2D eigenvalue weighted by Crippen LogP contribution is 2.25. The van der Waals surface area contributed by atoms with Gasteiger partial charge < -0.3 is 10.4 Å². The average Bonchev–Trinajstić information content (AvgIpc) is 2.32. The van der Waals surface area contributed by atoms with Gasteiger partial charge in [0.05, 0.1) is 11.6 Å². The smallest absolute Gasteiger partial charge is 0.308 e. The first-order valence-electron chi connectivity index (χ1n) is 6.40. The fourth-order valence-electron chi connectivity index (χ4n) is 2.00. The molecule has 2 N–H and O–H groups in total. The molecule has 0 bridgehead atoms. The van der Waals surface area contributed by atoms with E-state index in [0.29, 0.717) is 12.1 Å². The van der Waals surface area contributed by atoms with Gasteiger partial charge in [-0.1, -0.05) is 26.8 Å². The van der Waals surface area contributed by atoms with Crippen molar-refractivity contribution in [2.45, 2.75) is 27.2 Å². The van der Waals surface area contributed by atoms with Gasteiger partial charge in [-0.3, -0.25) is 4.79 Å². The van der Waals surface area contributed by atoms with Crippen LogP contribution < -0.4 is 5.32 Å². The average molecular weight is 278 g/mol. The van der Waals surface area contributed by atoms with Crippen molar-refractivity contribution in [2.75, 3.05) is 11.9 Å². The van der Waals surface area contributed by atoms with Gasteiger partial charge in [0.15, 0.2) is 0 Å². The van der Waals surface area contributed by atoms with Crippen molar-refractivity contribution in [3.63, 3.8) is 0 Å². The van der Waals surface area contributed by atoms with E-state index >= 15 is 0 Å². The second-order valence-electron chi connectivity index (χ2n) is 5.96. The predicted molar refractivity (Wildman–Crippen MR) is 74.8 cm³/mol. The number of anilines is 1. The Morgan fingerprint density at radius 2 is 2.15 bits per heavy atom. The molecule has 1 atom stereocenters. The van der Waals surface area contributed by atoms with E-state index in [1.54, 1.807) is 12.1 Å². The fourth-order valence-corrected chi connectivity index (χ4v) is 2.00. The van der Waals surface area contributed by atoms with E-state index in [1.165, 1.54) is 12.1 Å². The summed E-state index contributed by atoms with van der Waals surface area (Å²) in [4.78, 5) is 11.2. The number of nitriles is 1. The monoisotopic (exact) mass is 278 g/mol. The molecule has 1 unspecified atom stereocenters. The molecule has 1 aromatic carbocycles. The Bertz CT molecular complexity index is 530. The Morgan fingerprint density at radius 3 is 2.65 bits per heavy atom. The lowest BCUT2D eigenvalue weighted by atomic mass is 9.84. The summed E-state index contributed by atoms with van der Waals surface area (Å²) < 4.78 is 13.4. The number of carboxylic acid groups (broad SMARTS) is 1. The second kappa shape index (κ2) is 6.38. The summed E-state index contributed by atoms with van der Waals surface area (Å²) in [5.41, 5.74) is 0.116. The van der Waals surface area contributed by atoms with Crippen LogP contribution in [-0.2, 0) is 4.79 Å². The van der Waals surface area contributed by atoms with E-state index < -0.39 is 17.7 Å². The summed E-state index contributed by atoms with van der Waals surface area (Å²) in [6, 6.07) is 6.03. The number of hydrogen-bond donors (Lipinski definition) is 2. The Morgan fingerprint density at radius 1 is 1.50 bits per heavy atom. The summed E-state index contributed by atoms with van der Waals surface area (Å²) in [7, 11) is 0. The Hall–Kier alpha value is -2.09. The van der Waals surface area contributed by atoms with E-state index in [1.807, 2.05) is 20.8 Å². The van der Waals surface area contributed by atoms with Crippen LogP contribution in [0.2, 0.25) is 0 Å². The van der Waals surface area contributed by atoms with Crippen LogP contribution in [0.4, 0.5) is 10.1 Å². The molecule has 5 heteroatoms. The lowest BCUT2D eigenvalue weighted by Crippen LogP contribution is -2.27. The lowest BCUT2D eigenvalue weighted by Gasteiger charge is -2.24. The van der Waals surface area contributed by atoms with Crippen LogP contribution in [0.5, 0.6) is 0 Å². The van der Waals surface area contributed by atoms with Gasteiger partial charge in [0.2, 0.25) is 0 Å². The Kier molecular flexibility index (Phi) is 5.09. The lowest BCUT2D eigenvalue weighted by molar-refractivity contribution is -0.142. The van der Waals surface area contributed by atoms with Crippen LogP contribution >= 0.6 is 0 Å². The SMILES string of the molecule is CC(C)(C)CC(CNc1cccc(F)c1C#N)C(=O)O. The van der Waals surface area contributed by atoms with Crippen molar-refractivity contribution in [1.82, 2.24) is 0 Å². The Balaban J connectivity index is 2.81. The van der Waals surface area contributed by atoms with Crippen molar-refractivity contribution >= 4 is 11.7 Å². The highest BCUT2D eigenvalue weighted by atomic mass is 19.1. The minimum absolute atomic E-state index is 0.0904. The second-order valence-corrected chi connectivity index (χ2v) is 5.96. The van der Waals surface area contributed by atoms with E-state index in [9.17, 15) is 14.3 Å². The minimum Gasteiger partial charge on any atom is -0.481 e. The molecule has 0 aliphatic rings. The summed E-state index contributed by atoms with van der Waals surface area (Å²) in [6.07, 6.45) is 0.493. The van der Waals surface area contributed by atoms with E-state index in [4.69, 9.17) is 5.26 Å². The molecular weight excluding hydrogens is 259 g/mol. The van der Waals surface area contributed by atoms with E-state index in [0.717, 1.165) is 0 Å². The van der Waals surface area contributed by atoms with Gasteiger partial charge in [-0.25, -0.2) is 4.39 Å². The first-order valence-corrected chi connectivity index (χ1v) is 6.40.